The van der Waals surface area contributed by atoms with Gasteiger partial charge in [-0.3, -0.25) is 9.05 Å². The van der Waals surface area contributed by atoms with E-state index in [-0.39, 0.29) is 24.9 Å². The lowest BCUT2D eigenvalue weighted by Crippen LogP contribution is -2.22. The second kappa shape index (κ2) is 5.59. The fourth-order valence-electron chi connectivity index (χ4n) is 1.22. The Bertz CT molecular complexity index is 428. The standard InChI is InChI=1S/C10H10Cl2O4P/c11-5-8-6-14-17(13,15-7-8)16-10-4-2-1-3-9(10)12/h1-5,8H,6-7H2. The highest BCUT2D eigenvalue weighted by Crippen LogP contribution is 2.53. The molecule has 0 aromatic heterocycles. The molecule has 7 heteroatoms. The molecule has 1 radical (unpaired) electrons. The topological polar surface area (TPSA) is 44.8 Å². The van der Waals surface area contributed by atoms with Crippen LogP contribution in [0.2, 0.25) is 5.02 Å². The summed E-state index contributed by atoms with van der Waals surface area (Å²) in [6.07, 6.45) is 0. The predicted octanol–water partition coefficient (Wildman–Crippen LogP) is 3.89. The monoisotopic (exact) mass is 295 g/mol. The summed E-state index contributed by atoms with van der Waals surface area (Å²) in [6, 6.07) is 6.68. The van der Waals surface area contributed by atoms with Gasteiger partial charge in [0.1, 0.15) is 5.75 Å². The molecule has 0 N–H and O–H groups in total. The molecule has 1 aromatic rings. The Morgan fingerprint density at radius 3 is 2.59 bits per heavy atom. The lowest BCUT2D eigenvalue weighted by atomic mass is 10.2. The molecule has 0 atom stereocenters. The highest BCUT2D eigenvalue weighted by atomic mass is 35.5. The molecule has 0 bridgehead atoms. The second-order valence-corrected chi connectivity index (χ2v) is 5.70. The van der Waals surface area contributed by atoms with Gasteiger partial charge in [0.15, 0.2) is 0 Å². The minimum atomic E-state index is -3.58. The van der Waals surface area contributed by atoms with Gasteiger partial charge in [-0.15, -0.1) is 11.6 Å². The maximum atomic E-state index is 12.0. The minimum absolute atomic E-state index is 0.0893. The molecule has 1 aromatic carbocycles. The van der Waals surface area contributed by atoms with E-state index in [9.17, 15) is 4.57 Å². The molecular formula is C10H10Cl2O4P. The van der Waals surface area contributed by atoms with Crippen molar-refractivity contribution in [3.63, 3.8) is 0 Å². The van der Waals surface area contributed by atoms with Gasteiger partial charge in [-0.2, -0.15) is 0 Å². The van der Waals surface area contributed by atoms with Crippen LogP contribution >= 0.6 is 31.0 Å². The number of hydrogen-bond acceptors (Lipinski definition) is 4. The third-order valence-electron chi connectivity index (χ3n) is 2.12. The quantitative estimate of drug-likeness (QED) is 0.794. The Hall–Kier alpha value is -0.250. The molecule has 0 unspecified atom stereocenters. The maximum absolute atomic E-state index is 12.0. The Kier molecular flexibility index (Phi) is 4.34. The number of para-hydroxylation sites is 1. The zero-order valence-corrected chi connectivity index (χ0v) is 11.1. The van der Waals surface area contributed by atoms with Crippen molar-refractivity contribution in [2.45, 2.75) is 0 Å². The summed E-state index contributed by atoms with van der Waals surface area (Å²) in [7, 11) is -3.58. The summed E-state index contributed by atoms with van der Waals surface area (Å²) in [5.74, 6) is 1.60. The number of phosphoric acid groups is 1. The van der Waals surface area contributed by atoms with Gasteiger partial charge in [0.25, 0.3) is 0 Å². The first-order valence-electron chi connectivity index (χ1n) is 4.90. The Labute approximate surface area is 109 Å². The maximum Gasteiger partial charge on any atom is 0.530 e. The SMILES string of the molecule is O=P1(Oc2ccccc2Cl)OCC([CH]Cl)CO1. The molecule has 2 rings (SSSR count). The molecular weight excluding hydrogens is 286 g/mol. The molecule has 4 nitrogen and oxygen atoms in total. The van der Waals surface area contributed by atoms with E-state index in [2.05, 4.69) is 0 Å². The molecule has 1 heterocycles. The van der Waals surface area contributed by atoms with Crippen LogP contribution in [0.15, 0.2) is 24.3 Å². The molecule has 17 heavy (non-hydrogen) atoms. The average molecular weight is 296 g/mol. The molecule has 93 valence electrons. The molecule has 0 amide bonds. The number of halogens is 2. The summed E-state index contributed by atoms with van der Waals surface area (Å²) < 4.78 is 27.4. The summed E-state index contributed by atoms with van der Waals surface area (Å²) in [6.45, 7) is 0.399. The first kappa shape index (κ1) is 13.2. The minimum Gasteiger partial charge on any atom is -0.402 e. The van der Waals surface area contributed by atoms with E-state index in [0.717, 1.165) is 0 Å². The van der Waals surface area contributed by atoms with Crippen LogP contribution in [0.25, 0.3) is 0 Å². The van der Waals surface area contributed by atoms with E-state index in [4.69, 9.17) is 36.8 Å². The van der Waals surface area contributed by atoms with Crippen LogP contribution in [-0.2, 0) is 13.6 Å². The summed E-state index contributed by atoms with van der Waals surface area (Å²) in [5.41, 5.74) is 0. The summed E-state index contributed by atoms with van der Waals surface area (Å²) in [5, 5.41) is 0.348. The normalized spacial score (nSPS) is 28.9. The highest BCUT2D eigenvalue weighted by Gasteiger charge is 2.35. The van der Waals surface area contributed by atoms with Gasteiger partial charge in [-0.05, 0) is 12.1 Å². The highest BCUT2D eigenvalue weighted by molar-refractivity contribution is 7.49. The first-order chi connectivity index (χ1) is 8.13. The van der Waals surface area contributed by atoms with E-state index in [0.29, 0.717) is 5.02 Å². The molecule has 1 aliphatic rings. The molecule has 1 saturated heterocycles. The second-order valence-electron chi connectivity index (χ2n) is 3.45. The zero-order valence-electron chi connectivity index (χ0n) is 8.71. The van der Waals surface area contributed by atoms with Crippen LogP contribution in [-0.4, -0.2) is 13.2 Å². The number of phosphoric ester groups is 1. The summed E-state index contributed by atoms with van der Waals surface area (Å²) >= 11 is 11.4. The Morgan fingerprint density at radius 2 is 2.00 bits per heavy atom. The molecule has 1 aliphatic heterocycles. The van der Waals surface area contributed by atoms with Gasteiger partial charge < -0.3 is 4.52 Å². The van der Waals surface area contributed by atoms with E-state index in [1.54, 1.807) is 24.3 Å². The van der Waals surface area contributed by atoms with Gasteiger partial charge in [0.05, 0.1) is 24.1 Å². The van der Waals surface area contributed by atoms with Crippen molar-refractivity contribution in [2.75, 3.05) is 13.2 Å². The van der Waals surface area contributed by atoms with Gasteiger partial charge >= 0.3 is 7.82 Å². The van der Waals surface area contributed by atoms with Crippen molar-refractivity contribution in [1.29, 1.82) is 0 Å². The van der Waals surface area contributed by atoms with E-state index >= 15 is 0 Å². The van der Waals surface area contributed by atoms with Crippen molar-refractivity contribution in [1.82, 2.24) is 0 Å². The number of hydrogen-bond donors (Lipinski definition) is 0. The fourth-order valence-corrected chi connectivity index (χ4v) is 2.93. The van der Waals surface area contributed by atoms with Gasteiger partial charge in [0.2, 0.25) is 0 Å². The van der Waals surface area contributed by atoms with Crippen molar-refractivity contribution < 1.29 is 18.1 Å². The molecule has 1 fully saturated rings. The van der Waals surface area contributed by atoms with Crippen LogP contribution in [0.3, 0.4) is 0 Å². The summed E-state index contributed by atoms with van der Waals surface area (Å²) in [4.78, 5) is 0. The smallest absolute Gasteiger partial charge is 0.402 e. The fraction of sp³-hybridized carbons (Fsp3) is 0.300. The van der Waals surface area contributed by atoms with Crippen LogP contribution in [0, 0.1) is 11.8 Å². The van der Waals surface area contributed by atoms with Crippen molar-refractivity contribution in [3.8, 4) is 5.75 Å². The largest absolute Gasteiger partial charge is 0.530 e. The van der Waals surface area contributed by atoms with Crippen LogP contribution < -0.4 is 4.52 Å². The van der Waals surface area contributed by atoms with Crippen LogP contribution in [0.5, 0.6) is 5.75 Å². The van der Waals surface area contributed by atoms with Crippen molar-refractivity contribution in [2.24, 2.45) is 5.92 Å². The van der Waals surface area contributed by atoms with Crippen LogP contribution in [0.4, 0.5) is 0 Å². The van der Waals surface area contributed by atoms with Crippen molar-refractivity contribution in [3.05, 3.63) is 35.2 Å². The van der Waals surface area contributed by atoms with Gasteiger partial charge in [-0.25, -0.2) is 4.57 Å². The molecule has 0 aliphatic carbocycles. The number of rotatable bonds is 3. The first-order valence-corrected chi connectivity index (χ1v) is 7.17. The van der Waals surface area contributed by atoms with E-state index in [1.807, 2.05) is 0 Å². The molecule has 0 spiro atoms. The van der Waals surface area contributed by atoms with E-state index in [1.165, 1.54) is 5.88 Å². The Balaban J connectivity index is 2.04. The lowest BCUT2D eigenvalue weighted by Gasteiger charge is -2.26. The third kappa shape index (κ3) is 3.36. The zero-order chi connectivity index (χ0) is 12.3. The van der Waals surface area contributed by atoms with Crippen molar-refractivity contribution >= 4 is 31.0 Å². The Morgan fingerprint density at radius 1 is 1.35 bits per heavy atom. The van der Waals surface area contributed by atoms with Gasteiger partial charge in [-0.1, -0.05) is 23.7 Å². The van der Waals surface area contributed by atoms with Gasteiger partial charge in [0, 0.05) is 5.92 Å². The van der Waals surface area contributed by atoms with Crippen LogP contribution in [0.1, 0.15) is 0 Å². The predicted molar refractivity (Wildman–Crippen MR) is 65.2 cm³/mol. The molecule has 0 saturated carbocycles. The average Bonchev–Trinajstić information content (AvgIpc) is 2.33. The third-order valence-corrected chi connectivity index (χ3v) is 4.14. The number of benzene rings is 1. The lowest BCUT2D eigenvalue weighted by molar-refractivity contribution is 0.0769. The van der Waals surface area contributed by atoms with E-state index < -0.39 is 7.82 Å².